The maximum absolute atomic E-state index is 12.5. The molecule has 0 saturated heterocycles. The molecule has 0 saturated carbocycles. The molecule has 19 heavy (non-hydrogen) atoms. The van der Waals surface area contributed by atoms with Crippen LogP contribution < -0.4 is 0 Å². The lowest BCUT2D eigenvalue weighted by Crippen LogP contribution is -2.15. The van der Waals surface area contributed by atoms with Gasteiger partial charge in [0.25, 0.3) is 5.91 Å². The Hall–Kier alpha value is -2.43. The molecule has 0 aliphatic carbocycles. The third kappa shape index (κ3) is 1.83. The van der Waals surface area contributed by atoms with Crippen molar-refractivity contribution in [2.45, 2.75) is 13.3 Å². The summed E-state index contributed by atoms with van der Waals surface area (Å²) in [6.07, 6.45) is 2.37. The third-order valence-corrected chi connectivity index (χ3v) is 3.18. The quantitative estimate of drug-likeness (QED) is 0.703. The molecule has 0 bridgehead atoms. The highest BCUT2D eigenvalue weighted by molar-refractivity contribution is 5.99. The number of benzene rings is 1. The van der Waals surface area contributed by atoms with Crippen LogP contribution in [0, 0.1) is 0 Å². The molecule has 3 rings (SSSR count). The third-order valence-electron chi connectivity index (χ3n) is 3.18. The molecule has 1 aromatic carbocycles. The monoisotopic (exact) mass is 254 g/mol. The van der Waals surface area contributed by atoms with E-state index < -0.39 is 0 Å². The van der Waals surface area contributed by atoms with E-state index in [0.29, 0.717) is 5.69 Å². The zero-order valence-corrected chi connectivity index (χ0v) is 10.9. The van der Waals surface area contributed by atoms with Gasteiger partial charge in [-0.3, -0.25) is 14.0 Å². The molecule has 0 spiro atoms. The highest BCUT2D eigenvalue weighted by Gasteiger charge is 2.16. The second-order valence-corrected chi connectivity index (χ2v) is 4.41. The number of rotatable bonds is 2. The van der Waals surface area contributed by atoms with Crippen molar-refractivity contribution in [3.63, 3.8) is 0 Å². The van der Waals surface area contributed by atoms with Gasteiger partial charge in [-0.2, -0.15) is 5.10 Å². The number of hydrogen-bond donors (Lipinski definition) is 0. The first-order valence-corrected chi connectivity index (χ1v) is 6.20. The topological polar surface area (TPSA) is 52.7 Å². The van der Waals surface area contributed by atoms with E-state index in [9.17, 15) is 4.79 Å². The Labute approximate surface area is 110 Å². The first kappa shape index (κ1) is 11.6. The summed E-state index contributed by atoms with van der Waals surface area (Å²) < 4.78 is 3.18. The first-order valence-electron chi connectivity index (χ1n) is 6.20. The molecule has 0 amide bonds. The lowest BCUT2D eigenvalue weighted by molar-refractivity contribution is 0.0955. The van der Waals surface area contributed by atoms with Crippen molar-refractivity contribution in [1.82, 2.24) is 19.3 Å². The molecule has 5 nitrogen and oxygen atoms in total. The first-order chi connectivity index (χ1) is 9.20. The summed E-state index contributed by atoms with van der Waals surface area (Å²) in [6, 6.07) is 9.41. The predicted molar refractivity (Wildman–Crippen MR) is 72.0 cm³/mol. The molecule has 96 valence electrons. The van der Waals surface area contributed by atoms with Crippen LogP contribution in [-0.4, -0.2) is 25.2 Å². The van der Waals surface area contributed by atoms with E-state index in [1.165, 1.54) is 0 Å². The van der Waals surface area contributed by atoms with Crippen molar-refractivity contribution in [1.29, 1.82) is 0 Å². The zero-order valence-electron chi connectivity index (χ0n) is 10.9. The lowest BCUT2D eigenvalue weighted by Gasteiger charge is -2.02. The molecule has 2 heterocycles. The second kappa shape index (κ2) is 4.35. The minimum Gasteiger partial charge on any atom is -0.266 e. The normalized spacial score (nSPS) is 11.1. The summed E-state index contributed by atoms with van der Waals surface area (Å²) in [5, 5.41) is 4.30. The van der Waals surface area contributed by atoms with E-state index in [1.807, 2.05) is 37.3 Å². The largest absolute Gasteiger partial charge is 0.281 e. The smallest absolute Gasteiger partial charge is 0.266 e. The Morgan fingerprint density at radius 1 is 1.32 bits per heavy atom. The molecule has 2 aromatic heterocycles. The van der Waals surface area contributed by atoms with Gasteiger partial charge in [0.1, 0.15) is 12.0 Å². The highest BCUT2D eigenvalue weighted by atomic mass is 16.2. The summed E-state index contributed by atoms with van der Waals surface area (Å²) in [7, 11) is 1.78. The van der Waals surface area contributed by atoms with Gasteiger partial charge in [0.15, 0.2) is 0 Å². The van der Waals surface area contributed by atoms with E-state index >= 15 is 0 Å². The van der Waals surface area contributed by atoms with Crippen LogP contribution in [0.2, 0.25) is 0 Å². The van der Waals surface area contributed by atoms with E-state index in [-0.39, 0.29) is 5.91 Å². The Bertz CT molecular complexity index is 754. The van der Waals surface area contributed by atoms with E-state index in [0.717, 1.165) is 23.1 Å². The van der Waals surface area contributed by atoms with Gasteiger partial charge in [0.2, 0.25) is 0 Å². The Morgan fingerprint density at radius 3 is 2.84 bits per heavy atom. The molecule has 0 aliphatic rings. The number of imidazole rings is 1. The van der Waals surface area contributed by atoms with Gasteiger partial charge in [0.05, 0.1) is 16.7 Å². The van der Waals surface area contributed by atoms with Crippen LogP contribution >= 0.6 is 0 Å². The van der Waals surface area contributed by atoms with Crippen LogP contribution in [0.1, 0.15) is 23.1 Å². The molecule has 0 fully saturated rings. The molecule has 0 N–H and O–H groups in total. The molecule has 0 radical (unpaired) electrons. The fraction of sp³-hybridized carbons (Fsp3) is 0.214. The summed E-state index contributed by atoms with van der Waals surface area (Å²) >= 11 is 0. The molecule has 0 atom stereocenters. The summed E-state index contributed by atoms with van der Waals surface area (Å²) in [6.45, 7) is 2.02. The van der Waals surface area contributed by atoms with Crippen LogP contribution in [0.15, 0.2) is 36.7 Å². The standard InChI is InChI=1S/C14H14N4O/c1-3-10-8-13(17(2)16-10)14(19)18-9-15-11-6-4-5-7-12(11)18/h4-9H,3H2,1-2H3. The molecule has 5 heteroatoms. The number of nitrogens with zero attached hydrogens (tertiary/aromatic N) is 4. The maximum atomic E-state index is 12.5. The van der Waals surface area contributed by atoms with Gasteiger partial charge >= 0.3 is 0 Å². The average Bonchev–Trinajstić information content (AvgIpc) is 3.01. The van der Waals surface area contributed by atoms with Gasteiger partial charge < -0.3 is 0 Å². The summed E-state index contributed by atoms with van der Waals surface area (Å²) in [4.78, 5) is 16.8. The van der Waals surface area contributed by atoms with Gasteiger partial charge in [-0.1, -0.05) is 19.1 Å². The zero-order chi connectivity index (χ0) is 13.4. The molecule has 0 aliphatic heterocycles. The second-order valence-electron chi connectivity index (χ2n) is 4.41. The van der Waals surface area contributed by atoms with Crippen molar-refractivity contribution < 1.29 is 4.79 Å². The number of aryl methyl sites for hydroxylation is 2. The SMILES string of the molecule is CCc1cc(C(=O)n2cnc3ccccc32)n(C)n1. The van der Waals surface area contributed by atoms with Gasteiger partial charge in [-0.05, 0) is 24.6 Å². The molecular formula is C14H14N4O. The van der Waals surface area contributed by atoms with Crippen molar-refractivity contribution >= 4 is 16.9 Å². The predicted octanol–water partition coefficient (Wildman–Crippen LogP) is 2.02. The fourth-order valence-electron chi connectivity index (χ4n) is 2.14. The van der Waals surface area contributed by atoms with E-state index in [1.54, 1.807) is 22.6 Å². The van der Waals surface area contributed by atoms with E-state index in [2.05, 4.69) is 10.1 Å². The fourth-order valence-corrected chi connectivity index (χ4v) is 2.14. The lowest BCUT2D eigenvalue weighted by atomic mass is 10.3. The van der Waals surface area contributed by atoms with Crippen molar-refractivity contribution in [2.75, 3.05) is 0 Å². The molecular weight excluding hydrogens is 240 g/mol. The van der Waals surface area contributed by atoms with E-state index in [4.69, 9.17) is 0 Å². The van der Waals surface area contributed by atoms with Gasteiger partial charge in [-0.15, -0.1) is 0 Å². The minimum atomic E-state index is -0.108. The molecule has 0 unspecified atom stereocenters. The number of carbonyl (C=O) groups is 1. The van der Waals surface area contributed by atoms with Gasteiger partial charge in [0, 0.05) is 7.05 Å². The number of para-hydroxylation sites is 2. The number of carbonyl (C=O) groups excluding carboxylic acids is 1. The Kier molecular flexibility index (Phi) is 2.67. The van der Waals surface area contributed by atoms with Gasteiger partial charge in [-0.25, -0.2) is 4.98 Å². The Morgan fingerprint density at radius 2 is 2.11 bits per heavy atom. The van der Waals surface area contributed by atoms with Crippen molar-refractivity contribution in [3.8, 4) is 0 Å². The van der Waals surface area contributed by atoms with Crippen LogP contribution in [0.3, 0.4) is 0 Å². The molecule has 3 aromatic rings. The average molecular weight is 254 g/mol. The number of fused-ring (bicyclic) bond motifs is 1. The summed E-state index contributed by atoms with van der Waals surface area (Å²) in [5.74, 6) is -0.108. The minimum absolute atomic E-state index is 0.108. The number of hydrogen-bond acceptors (Lipinski definition) is 3. The van der Waals surface area contributed by atoms with Crippen molar-refractivity contribution in [3.05, 3.63) is 48.0 Å². The maximum Gasteiger partial charge on any atom is 0.281 e. The highest BCUT2D eigenvalue weighted by Crippen LogP contribution is 2.14. The van der Waals surface area contributed by atoms with Crippen LogP contribution in [0.4, 0.5) is 0 Å². The Balaban J connectivity index is 2.10. The van der Waals surface area contributed by atoms with Crippen LogP contribution in [0.25, 0.3) is 11.0 Å². The number of aromatic nitrogens is 4. The van der Waals surface area contributed by atoms with Crippen LogP contribution in [0.5, 0.6) is 0 Å². The van der Waals surface area contributed by atoms with Crippen LogP contribution in [-0.2, 0) is 13.5 Å². The summed E-state index contributed by atoms with van der Waals surface area (Å²) in [5.41, 5.74) is 3.11. The van der Waals surface area contributed by atoms with Crippen molar-refractivity contribution in [2.24, 2.45) is 7.05 Å².